The molecule has 2 aromatic rings. The minimum absolute atomic E-state index is 0. The molecule has 8 heteroatoms. The normalized spacial score (nSPS) is 12.0. The number of aromatic amines is 1. The molecule has 0 aliphatic heterocycles. The molecule has 0 saturated carbocycles. The Balaban J connectivity index is 0.00000220. The molecule has 2 heterocycles. The average molecular weight is 277 g/mol. The fourth-order valence-electron chi connectivity index (χ4n) is 1.58. The quantitative estimate of drug-likeness (QED) is 0.493. The second-order valence-electron chi connectivity index (χ2n) is 3.67. The molecule has 0 bridgehead atoms. The first-order valence-corrected chi connectivity index (χ1v) is 5.61. The van der Waals surface area contributed by atoms with Gasteiger partial charge >= 0.3 is 5.97 Å². The van der Waals surface area contributed by atoms with Crippen LogP contribution in [0.2, 0.25) is 0 Å². The van der Waals surface area contributed by atoms with Gasteiger partial charge in [-0.25, -0.2) is 19.8 Å². The van der Waals surface area contributed by atoms with E-state index < -0.39 is 5.97 Å². The molecule has 0 saturated heterocycles. The van der Waals surface area contributed by atoms with Crippen LogP contribution in [0.3, 0.4) is 0 Å². The van der Waals surface area contributed by atoms with Gasteiger partial charge in [-0.05, 0) is 6.07 Å². The second kappa shape index (κ2) is 5.83. The maximum atomic E-state index is 11.0. The Kier molecular flexibility index (Phi) is 3.94. The average Bonchev–Trinajstić information content (AvgIpc) is 2.96. The van der Waals surface area contributed by atoms with E-state index in [1.165, 1.54) is 7.11 Å². The molecule has 0 amide bonds. The molecule has 0 radical (unpaired) electrons. The van der Waals surface area contributed by atoms with E-state index in [9.17, 15) is 4.79 Å². The number of aromatic nitrogens is 2. The van der Waals surface area contributed by atoms with Crippen LogP contribution in [0.5, 0.6) is 5.75 Å². The summed E-state index contributed by atoms with van der Waals surface area (Å²) in [6.07, 6.45) is 4.44. The van der Waals surface area contributed by atoms with Gasteiger partial charge in [-0.3, -0.25) is 0 Å². The predicted molar refractivity (Wildman–Crippen MR) is 76.6 cm³/mol. The van der Waals surface area contributed by atoms with Gasteiger partial charge in [0.05, 0.1) is 25.9 Å². The number of H-pyrrole nitrogens is 1. The number of nitrogens with zero attached hydrogens (tertiary/aromatic N) is 3. The zero-order chi connectivity index (χ0) is 14.5. The molecule has 20 heavy (non-hydrogen) atoms. The van der Waals surface area contributed by atoms with Gasteiger partial charge in [0.2, 0.25) is 5.84 Å². The summed E-state index contributed by atoms with van der Waals surface area (Å²) in [6.45, 7) is 0. The first-order valence-electron chi connectivity index (χ1n) is 5.61. The Morgan fingerprint density at radius 1 is 1.55 bits per heavy atom. The van der Waals surface area contributed by atoms with Crippen molar-refractivity contribution in [1.82, 2.24) is 9.97 Å². The highest BCUT2D eigenvalue weighted by atomic mass is 16.5. The van der Waals surface area contributed by atoms with Gasteiger partial charge in [-0.1, -0.05) is 0 Å². The third-order valence-electron chi connectivity index (χ3n) is 2.53. The van der Waals surface area contributed by atoms with E-state index in [1.54, 1.807) is 19.5 Å². The lowest BCUT2D eigenvalue weighted by Gasteiger charge is -2.02. The Hall–Kier alpha value is -2.90. The number of rotatable bonds is 3. The van der Waals surface area contributed by atoms with Crippen molar-refractivity contribution in [3.05, 3.63) is 18.5 Å². The van der Waals surface area contributed by atoms with Crippen LogP contribution < -0.4 is 10.5 Å². The highest BCUT2D eigenvalue weighted by molar-refractivity contribution is 6.35. The Labute approximate surface area is 115 Å². The minimum atomic E-state index is -0.718. The van der Waals surface area contributed by atoms with E-state index in [2.05, 4.69) is 24.7 Å². The number of ether oxygens (including phenoxy) is 2. The van der Waals surface area contributed by atoms with Gasteiger partial charge in [0.25, 0.3) is 0 Å². The number of hydrogen-bond donors (Lipinski definition) is 2. The number of amidine groups is 1. The zero-order valence-electron chi connectivity index (χ0n) is 11.0. The molecule has 106 valence electrons. The molecule has 0 spiro atoms. The highest BCUT2D eigenvalue weighted by Gasteiger charge is 2.08. The molecule has 2 aromatic heterocycles. The largest absolute Gasteiger partial charge is 0.494 e. The van der Waals surface area contributed by atoms with Crippen LogP contribution in [-0.4, -0.2) is 42.3 Å². The number of aliphatic imine (C=N–C) groups is 2. The summed E-state index contributed by atoms with van der Waals surface area (Å²) in [5, 5.41) is 0.847. The minimum Gasteiger partial charge on any atom is -0.494 e. The van der Waals surface area contributed by atoms with Crippen molar-refractivity contribution < 1.29 is 15.7 Å². The van der Waals surface area contributed by atoms with E-state index in [0.717, 1.165) is 11.7 Å². The van der Waals surface area contributed by atoms with Crippen LogP contribution in [0.4, 0.5) is 5.82 Å². The molecule has 0 unspecified atom stereocenters. The maximum absolute atomic E-state index is 11.0. The van der Waals surface area contributed by atoms with Crippen LogP contribution >= 0.6 is 0 Å². The summed E-state index contributed by atoms with van der Waals surface area (Å²) in [7, 11) is 2.78. The van der Waals surface area contributed by atoms with Gasteiger partial charge in [0.15, 0.2) is 5.82 Å². The molecular formula is C12H15N5O3. The number of esters is 1. The summed E-state index contributed by atoms with van der Waals surface area (Å²) >= 11 is 0. The summed E-state index contributed by atoms with van der Waals surface area (Å²) in [5.41, 5.74) is 6.07. The van der Waals surface area contributed by atoms with Gasteiger partial charge in [-0.15, -0.1) is 0 Å². The number of pyridine rings is 1. The van der Waals surface area contributed by atoms with Crippen molar-refractivity contribution in [3.63, 3.8) is 0 Å². The molecule has 3 N–H and O–H groups in total. The molecule has 0 atom stereocenters. The van der Waals surface area contributed by atoms with Crippen LogP contribution in [0.1, 0.15) is 1.43 Å². The number of nitrogens with one attached hydrogen (secondary N) is 1. The lowest BCUT2D eigenvalue weighted by Crippen LogP contribution is -2.24. The first-order chi connectivity index (χ1) is 9.67. The third-order valence-corrected chi connectivity index (χ3v) is 2.53. The fourth-order valence-corrected chi connectivity index (χ4v) is 1.58. The third kappa shape index (κ3) is 2.58. The summed E-state index contributed by atoms with van der Waals surface area (Å²) in [6, 6.07) is 1.85. The number of fused-ring (bicyclic) bond motifs is 1. The standard InChI is InChI=1S/C12H13N5O3.H2/c1-19-8-5-15-11(9-7(8)3-4-14-9)17-6-16-10(13)12(18)20-2;/h3-6,14H,1-2H3,(H2,13,15,16,17);1H. The number of carbonyl (C=O) groups is 1. The number of hydrogen-bond acceptors (Lipinski definition) is 5. The second-order valence-corrected chi connectivity index (χ2v) is 3.67. The lowest BCUT2D eigenvalue weighted by molar-refractivity contribution is -0.132. The lowest BCUT2D eigenvalue weighted by atomic mass is 10.3. The van der Waals surface area contributed by atoms with E-state index in [-0.39, 0.29) is 7.26 Å². The van der Waals surface area contributed by atoms with Crippen LogP contribution in [0.25, 0.3) is 10.9 Å². The molecular weight excluding hydrogens is 262 g/mol. The van der Waals surface area contributed by atoms with Gasteiger partial charge in [0, 0.05) is 13.0 Å². The Morgan fingerprint density at radius 2 is 2.35 bits per heavy atom. The molecule has 0 fully saturated rings. The number of nitrogens with two attached hydrogens (primary N) is 1. The summed E-state index contributed by atoms with van der Waals surface area (Å²) < 4.78 is 9.59. The van der Waals surface area contributed by atoms with E-state index in [1.807, 2.05) is 6.07 Å². The molecule has 0 aromatic carbocycles. The topological polar surface area (TPSA) is 115 Å². The van der Waals surface area contributed by atoms with Crippen LogP contribution in [0.15, 0.2) is 28.4 Å². The summed E-state index contributed by atoms with van der Waals surface area (Å²) in [5.74, 6) is 0.0432. The summed E-state index contributed by atoms with van der Waals surface area (Å²) in [4.78, 5) is 25.9. The highest BCUT2D eigenvalue weighted by Crippen LogP contribution is 2.29. The van der Waals surface area contributed by atoms with Crippen molar-refractivity contribution in [1.29, 1.82) is 0 Å². The molecule has 0 aliphatic carbocycles. The number of carbonyl (C=O) groups excluding carboxylic acids is 1. The van der Waals surface area contributed by atoms with E-state index in [0.29, 0.717) is 17.1 Å². The maximum Gasteiger partial charge on any atom is 0.373 e. The van der Waals surface area contributed by atoms with E-state index >= 15 is 0 Å². The van der Waals surface area contributed by atoms with Crippen LogP contribution in [0, 0.1) is 0 Å². The van der Waals surface area contributed by atoms with Crippen molar-refractivity contribution >= 4 is 34.9 Å². The van der Waals surface area contributed by atoms with Gasteiger partial charge < -0.3 is 20.2 Å². The predicted octanol–water partition coefficient (Wildman–Crippen LogP) is 1.01. The van der Waals surface area contributed by atoms with Gasteiger partial charge in [0.1, 0.15) is 12.1 Å². The van der Waals surface area contributed by atoms with Crippen LogP contribution in [-0.2, 0) is 9.53 Å². The smallest absolute Gasteiger partial charge is 0.373 e. The Morgan fingerprint density at radius 3 is 3.05 bits per heavy atom. The molecule has 8 nitrogen and oxygen atoms in total. The van der Waals surface area contributed by atoms with Crippen molar-refractivity contribution in [2.45, 2.75) is 0 Å². The first kappa shape index (κ1) is 13.5. The molecule has 2 rings (SSSR count). The van der Waals surface area contributed by atoms with Crippen molar-refractivity contribution in [3.8, 4) is 5.75 Å². The molecule has 0 aliphatic rings. The Bertz CT molecular complexity index is 695. The van der Waals surface area contributed by atoms with Gasteiger partial charge in [-0.2, -0.15) is 0 Å². The van der Waals surface area contributed by atoms with Crippen molar-refractivity contribution in [2.24, 2.45) is 15.7 Å². The zero-order valence-corrected chi connectivity index (χ0v) is 11.0. The SMILES string of the molecule is COC(=O)C(N)=NC=Nc1ncc(OC)c2cc[nH]c12.[HH]. The monoisotopic (exact) mass is 277 g/mol. The van der Waals surface area contributed by atoms with E-state index in [4.69, 9.17) is 10.5 Å². The fraction of sp³-hybridized carbons (Fsp3) is 0.167. The van der Waals surface area contributed by atoms with Crippen molar-refractivity contribution in [2.75, 3.05) is 14.2 Å². The number of methoxy groups -OCH3 is 2.